The minimum Gasteiger partial charge on any atom is -0.486 e. The molecule has 19 heavy (non-hydrogen) atoms. The summed E-state index contributed by atoms with van der Waals surface area (Å²) in [6, 6.07) is 3.84. The Morgan fingerprint density at radius 3 is 2.89 bits per heavy atom. The molecular formula is C14H18O5. The molecule has 0 atom stereocenters. The molecule has 1 heterocycles. The van der Waals surface area contributed by atoms with Crippen molar-refractivity contribution in [3.05, 3.63) is 23.3 Å². The zero-order valence-electron chi connectivity index (χ0n) is 11.0. The summed E-state index contributed by atoms with van der Waals surface area (Å²) in [5, 5.41) is 8.69. The molecule has 5 heteroatoms. The molecule has 0 fully saturated rings. The average Bonchev–Trinajstić information content (AvgIpc) is 2.41. The van der Waals surface area contributed by atoms with Crippen LogP contribution in [0.1, 0.15) is 24.0 Å². The minimum atomic E-state index is -0.772. The summed E-state index contributed by atoms with van der Waals surface area (Å²) in [4.78, 5) is 10.6. The van der Waals surface area contributed by atoms with Crippen molar-refractivity contribution in [1.82, 2.24) is 0 Å². The number of rotatable bonds is 6. The first-order valence-corrected chi connectivity index (χ1v) is 6.33. The maximum Gasteiger partial charge on any atom is 0.303 e. The lowest BCUT2D eigenvalue weighted by molar-refractivity contribution is -0.137. The van der Waals surface area contributed by atoms with Gasteiger partial charge in [0, 0.05) is 19.1 Å². The lowest BCUT2D eigenvalue weighted by Gasteiger charge is -2.23. The highest BCUT2D eigenvalue weighted by atomic mass is 16.6. The van der Waals surface area contributed by atoms with Gasteiger partial charge in [-0.3, -0.25) is 4.79 Å². The highest BCUT2D eigenvalue weighted by Gasteiger charge is 2.19. The van der Waals surface area contributed by atoms with E-state index in [0.717, 1.165) is 22.6 Å². The van der Waals surface area contributed by atoms with Crippen LogP contribution in [-0.4, -0.2) is 31.4 Å². The molecule has 1 aliphatic rings. The van der Waals surface area contributed by atoms with Crippen LogP contribution in [0.15, 0.2) is 12.1 Å². The number of carboxylic acids is 1. The van der Waals surface area contributed by atoms with Gasteiger partial charge >= 0.3 is 5.97 Å². The Bertz CT molecular complexity index is 455. The lowest BCUT2D eigenvalue weighted by atomic mass is 10.0. The monoisotopic (exact) mass is 266 g/mol. The Hall–Kier alpha value is -1.75. The van der Waals surface area contributed by atoms with Crippen molar-refractivity contribution < 1.29 is 24.1 Å². The Labute approximate surface area is 112 Å². The first-order chi connectivity index (χ1) is 9.22. The number of fused-ring (bicyclic) bond motifs is 1. The normalized spacial score (nSPS) is 13.3. The first-order valence-electron chi connectivity index (χ1n) is 6.33. The number of carboxylic acid groups (broad SMARTS) is 1. The molecule has 1 N–H and O–H groups in total. The van der Waals surface area contributed by atoms with E-state index in [-0.39, 0.29) is 6.42 Å². The predicted octanol–water partition coefficient (Wildman–Crippen LogP) is 2.01. The van der Waals surface area contributed by atoms with Crippen LogP contribution in [-0.2, 0) is 22.6 Å². The van der Waals surface area contributed by atoms with E-state index < -0.39 is 5.97 Å². The van der Waals surface area contributed by atoms with Crippen LogP contribution in [0, 0.1) is 0 Å². The van der Waals surface area contributed by atoms with Crippen molar-refractivity contribution >= 4 is 5.97 Å². The maximum absolute atomic E-state index is 10.6. The molecule has 104 valence electrons. The third-order valence-corrected chi connectivity index (χ3v) is 3.03. The van der Waals surface area contributed by atoms with Crippen molar-refractivity contribution in [2.75, 3.05) is 20.3 Å². The fraction of sp³-hybridized carbons (Fsp3) is 0.500. The Balaban J connectivity index is 2.19. The van der Waals surface area contributed by atoms with Crippen LogP contribution in [0.4, 0.5) is 0 Å². The number of hydrogen-bond acceptors (Lipinski definition) is 4. The standard InChI is InChI=1S/C14H18O5/c1-17-9-11-10(3-2-4-13(15)16)5-6-12-14(11)19-8-7-18-12/h5-6H,2-4,7-9H2,1H3,(H,15,16). The summed E-state index contributed by atoms with van der Waals surface area (Å²) in [7, 11) is 1.63. The summed E-state index contributed by atoms with van der Waals surface area (Å²) in [5.74, 6) is 0.701. The van der Waals surface area contributed by atoms with Gasteiger partial charge in [-0.1, -0.05) is 6.07 Å². The summed E-state index contributed by atoms with van der Waals surface area (Å²) in [5.41, 5.74) is 2.03. The molecule has 0 amide bonds. The Kier molecular flexibility index (Phi) is 4.63. The maximum atomic E-state index is 10.6. The van der Waals surface area contributed by atoms with Crippen LogP contribution < -0.4 is 9.47 Å². The number of carbonyl (C=O) groups is 1. The molecular weight excluding hydrogens is 248 g/mol. The number of benzene rings is 1. The molecule has 5 nitrogen and oxygen atoms in total. The quantitative estimate of drug-likeness (QED) is 0.853. The molecule has 0 unspecified atom stereocenters. The van der Waals surface area contributed by atoms with Gasteiger partial charge < -0.3 is 19.3 Å². The molecule has 0 saturated heterocycles. The van der Waals surface area contributed by atoms with Gasteiger partial charge in [-0.15, -0.1) is 0 Å². The highest BCUT2D eigenvalue weighted by molar-refractivity contribution is 5.66. The molecule has 2 rings (SSSR count). The SMILES string of the molecule is COCc1c(CCCC(=O)O)ccc2c1OCCO2. The molecule has 0 spiro atoms. The molecule has 0 saturated carbocycles. The fourth-order valence-corrected chi connectivity index (χ4v) is 2.18. The minimum absolute atomic E-state index is 0.168. The van der Waals surface area contributed by atoms with E-state index in [1.807, 2.05) is 12.1 Å². The van der Waals surface area contributed by atoms with Crippen LogP contribution in [0.5, 0.6) is 11.5 Å². The molecule has 1 aromatic carbocycles. The fourth-order valence-electron chi connectivity index (χ4n) is 2.18. The van der Waals surface area contributed by atoms with Crippen molar-refractivity contribution in [3.8, 4) is 11.5 Å². The summed E-state index contributed by atoms with van der Waals surface area (Å²) in [6.07, 6.45) is 1.47. The largest absolute Gasteiger partial charge is 0.486 e. The predicted molar refractivity (Wildman–Crippen MR) is 68.7 cm³/mol. The molecule has 1 aromatic rings. The van der Waals surface area contributed by atoms with Gasteiger partial charge in [0.15, 0.2) is 11.5 Å². The highest BCUT2D eigenvalue weighted by Crippen LogP contribution is 2.36. The zero-order valence-corrected chi connectivity index (χ0v) is 11.0. The summed E-state index contributed by atoms with van der Waals surface area (Å²) < 4.78 is 16.4. The van der Waals surface area contributed by atoms with Gasteiger partial charge in [-0.05, 0) is 24.5 Å². The van der Waals surface area contributed by atoms with Crippen LogP contribution in [0.2, 0.25) is 0 Å². The summed E-state index contributed by atoms with van der Waals surface area (Å²) >= 11 is 0. The third-order valence-electron chi connectivity index (χ3n) is 3.03. The second-order valence-corrected chi connectivity index (χ2v) is 4.41. The van der Waals surface area contributed by atoms with E-state index in [1.165, 1.54) is 0 Å². The van der Waals surface area contributed by atoms with E-state index in [2.05, 4.69) is 0 Å². The topological polar surface area (TPSA) is 65.0 Å². The first kappa shape index (κ1) is 13.7. The Morgan fingerprint density at radius 2 is 2.16 bits per heavy atom. The van der Waals surface area contributed by atoms with Gasteiger partial charge in [-0.2, -0.15) is 0 Å². The summed E-state index contributed by atoms with van der Waals surface area (Å²) in [6.45, 7) is 1.52. The van der Waals surface area contributed by atoms with Crippen molar-refractivity contribution in [1.29, 1.82) is 0 Å². The van der Waals surface area contributed by atoms with E-state index in [4.69, 9.17) is 19.3 Å². The van der Waals surface area contributed by atoms with Crippen LogP contribution in [0.3, 0.4) is 0 Å². The second-order valence-electron chi connectivity index (χ2n) is 4.41. The molecule has 0 aliphatic carbocycles. The van der Waals surface area contributed by atoms with Gasteiger partial charge in [0.05, 0.1) is 6.61 Å². The smallest absolute Gasteiger partial charge is 0.303 e. The van der Waals surface area contributed by atoms with Gasteiger partial charge in [0.2, 0.25) is 0 Å². The average molecular weight is 266 g/mol. The molecule has 1 aliphatic heterocycles. The number of aliphatic carboxylic acids is 1. The van der Waals surface area contributed by atoms with E-state index in [0.29, 0.717) is 32.7 Å². The number of hydrogen-bond donors (Lipinski definition) is 1. The zero-order chi connectivity index (χ0) is 13.7. The molecule has 0 bridgehead atoms. The van der Waals surface area contributed by atoms with Gasteiger partial charge in [0.25, 0.3) is 0 Å². The Morgan fingerprint density at radius 1 is 1.37 bits per heavy atom. The van der Waals surface area contributed by atoms with E-state index in [9.17, 15) is 4.79 Å². The van der Waals surface area contributed by atoms with Crippen molar-refractivity contribution in [2.45, 2.75) is 25.9 Å². The second kappa shape index (κ2) is 6.43. The molecule has 0 radical (unpaired) electrons. The van der Waals surface area contributed by atoms with Crippen LogP contribution >= 0.6 is 0 Å². The van der Waals surface area contributed by atoms with Gasteiger partial charge in [-0.25, -0.2) is 0 Å². The third kappa shape index (κ3) is 3.38. The number of methoxy groups -OCH3 is 1. The lowest BCUT2D eigenvalue weighted by Crippen LogP contribution is -2.17. The van der Waals surface area contributed by atoms with Crippen molar-refractivity contribution in [3.63, 3.8) is 0 Å². The number of aryl methyl sites for hydroxylation is 1. The van der Waals surface area contributed by atoms with Gasteiger partial charge in [0.1, 0.15) is 13.2 Å². The van der Waals surface area contributed by atoms with Crippen molar-refractivity contribution in [2.24, 2.45) is 0 Å². The van der Waals surface area contributed by atoms with E-state index >= 15 is 0 Å². The van der Waals surface area contributed by atoms with Crippen LogP contribution in [0.25, 0.3) is 0 Å². The number of ether oxygens (including phenoxy) is 3. The molecule has 0 aromatic heterocycles. The van der Waals surface area contributed by atoms with E-state index in [1.54, 1.807) is 7.11 Å².